The van der Waals surface area contributed by atoms with E-state index in [1.54, 1.807) is 0 Å². The van der Waals surface area contributed by atoms with E-state index in [1.807, 2.05) is 13.8 Å². The summed E-state index contributed by atoms with van der Waals surface area (Å²) < 4.78 is 37.8. The zero-order valence-electron chi connectivity index (χ0n) is 8.62. The maximum Gasteiger partial charge on any atom is 0.435 e. The molecule has 6 heteroatoms. The minimum Gasteiger partial charge on any atom is -0.326 e. The molecule has 86 valence electrons. The first-order chi connectivity index (χ1) is 6.80. The van der Waals surface area contributed by atoms with Gasteiger partial charge in [-0.1, -0.05) is 13.8 Å². The van der Waals surface area contributed by atoms with Crippen molar-refractivity contribution in [2.75, 3.05) is 0 Å². The van der Waals surface area contributed by atoms with Crippen LogP contribution in [0.25, 0.3) is 0 Å². The molecule has 3 nitrogen and oxygen atoms in total. The van der Waals surface area contributed by atoms with E-state index >= 15 is 0 Å². The highest BCUT2D eigenvalue weighted by atomic mass is 19.4. The summed E-state index contributed by atoms with van der Waals surface area (Å²) in [4.78, 5) is 0. The van der Waals surface area contributed by atoms with Gasteiger partial charge < -0.3 is 5.73 Å². The van der Waals surface area contributed by atoms with Crippen molar-refractivity contribution in [2.24, 2.45) is 11.7 Å². The monoisotopic (exact) mass is 221 g/mol. The molecule has 0 aromatic carbocycles. The Bertz CT molecular complexity index is 317. The van der Waals surface area contributed by atoms with Gasteiger partial charge in [-0.25, -0.2) is 0 Å². The second-order valence-corrected chi connectivity index (χ2v) is 3.83. The molecule has 0 fully saturated rings. The van der Waals surface area contributed by atoms with E-state index < -0.39 is 11.9 Å². The third-order valence-corrected chi connectivity index (χ3v) is 2.19. The molecule has 1 unspecified atom stereocenters. The van der Waals surface area contributed by atoms with Crippen LogP contribution in [0.2, 0.25) is 0 Å². The SMILES string of the molecule is CC(C)C(N)Cn1ccc(C(F)(F)F)n1. The van der Waals surface area contributed by atoms with Gasteiger partial charge in [0.25, 0.3) is 0 Å². The van der Waals surface area contributed by atoms with Gasteiger partial charge in [-0.05, 0) is 12.0 Å². The van der Waals surface area contributed by atoms with Crippen molar-refractivity contribution >= 4 is 0 Å². The summed E-state index contributed by atoms with van der Waals surface area (Å²) >= 11 is 0. The summed E-state index contributed by atoms with van der Waals surface area (Å²) in [7, 11) is 0. The molecule has 0 spiro atoms. The molecule has 1 atom stereocenters. The number of aromatic nitrogens is 2. The summed E-state index contributed by atoms with van der Waals surface area (Å²) in [5.41, 5.74) is 4.85. The van der Waals surface area contributed by atoms with Crippen LogP contribution >= 0.6 is 0 Å². The Labute approximate surface area is 86.1 Å². The highest BCUT2D eigenvalue weighted by Gasteiger charge is 2.33. The van der Waals surface area contributed by atoms with Crippen molar-refractivity contribution in [1.29, 1.82) is 0 Å². The molecule has 1 aromatic heterocycles. The van der Waals surface area contributed by atoms with Gasteiger partial charge in [0.2, 0.25) is 0 Å². The summed E-state index contributed by atoms with van der Waals surface area (Å²) in [5.74, 6) is 0.212. The predicted molar refractivity (Wildman–Crippen MR) is 50.0 cm³/mol. The second-order valence-electron chi connectivity index (χ2n) is 3.83. The summed E-state index contributed by atoms with van der Waals surface area (Å²) in [6, 6.07) is 0.763. The van der Waals surface area contributed by atoms with Gasteiger partial charge in [0, 0.05) is 12.2 Å². The van der Waals surface area contributed by atoms with Crippen LogP contribution in [-0.4, -0.2) is 15.8 Å². The number of nitrogens with two attached hydrogens (primary N) is 1. The van der Waals surface area contributed by atoms with Crippen LogP contribution in [0.3, 0.4) is 0 Å². The fraction of sp³-hybridized carbons (Fsp3) is 0.667. The topological polar surface area (TPSA) is 43.8 Å². The molecule has 0 radical (unpaired) electrons. The highest BCUT2D eigenvalue weighted by Crippen LogP contribution is 2.27. The lowest BCUT2D eigenvalue weighted by Crippen LogP contribution is -2.31. The van der Waals surface area contributed by atoms with Crippen LogP contribution in [0.15, 0.2) is 12.3 Å². The van der Waals surface area contributed by atoms with Crippen LogP contribution in [0.1, 0.15) is 19.5 Å². The van der Waals surface area contributed by atoms with Crippen LogP contribution in [0.5, 0.6) is 0 Å². The van der Waals surface area contributed by atoms with Gasteiger partial charge in [-0.2, -0.15) is 18.3 Å². The molecule has 0 aliphatic heterocycles. The van der Waals surface area contributed by atoms with Crippen molar-refractivity contribution in [2.45, 2.75) is 32.6 Å². The fourth-order valence-electron chi connectivity index (χ4n) is 1.04. The first kappa shape index (κ1) is 12.0. The Kier molecular flexibility index (Phi) is 3.38. The van der Waals surface area contributed by atoms with E-state index in [0.29, 0.717) is 6.54 Å². The standard InChI is InChI=1S/C9H14F3N3/c1-6(2)7(13)5-15-4-3-8(14-15)9(10,11)12/h3-4,6-7H,5,13H2,1-2H3. The largest absolute Gasteiger partial charge is 0.435 e. The molecule has 0 saturated carbocycles. The number of nitrogens with zero attached hydrogens (tertiary/aromatic N) is 2. The lowest BCUT2D eigenvalue weighted by atomic mass is 10.1. The Balaban J connectivity index is 2.69. The van der Waals surface area contributed by atoms with Crippen molar-refractivity contribution in [3.63, 3.8) is 0 Å². The minimum absolute atomic E-state index is 0.189. The summed E-state index contributed by atoms with van der Waals surface area (Å²) in [5, 5.41) is 3.42. The molecule has 0 bridgehead atoms. The summed E-state index contributed by atoms with van der Waals surface area (Å²) in [6.45, 7) is 4.13. The van der Waals surface area contributed by atoms with Crippen LogP contribution in [0.4, 0.5) is 13.2 Å². The quantitative estimate of drug-likeness (QED) is 0.847. The molecule has 0 amide bonds. The normalized spacial score (nSPS) is 14.6. The van der Waals surface area contributed by atoms with E-state index in [0.717, 1.165) is 6.07 Å². The number of alkyl halides is 3. The van der Waals surface area contributed by atoms with Crippen molar-refractivity contribution in [1.82, 2.24) is 9.78 Å². The molecule has 0 saturated heterocycles. The average Bonchev–Trinajstić information content (AvgIpc) is 2.51. The minimum atomic E-state index is -4.38. The van der Waals surface area contributed by atoms with Crippen LogP contribution < -0.4 is 5.73 Å². The Hall–Kier alpha value is -1.04. The Morgan fingerprint density at radius 2 is 2.07 bits per heavy atom. The highest BCUT2D eigenvalue weighted by molar-refractivity contribution is 5.03. The fourth-order valence-corrected chi connectivity index (χ4v) is 1.04. The van der Waals surface area contributed by atoms with Gasteiger partial charge in [-0.15, -0.1) is 0 Å². The molecular weight excluding hydrogens is 207 g/mol. The molecule has 0 aliphatic carbocycles. The van der Waals surface area contributed by atoms with Gasteiger partial charge in [0.05, 0.1) is 6.54 Å². The zero-order chi connectivity index (χ0) is 11.6. The van der Waals surface area contributed by atoms with Gasteiger partial charge >= 0.3 is 6.18 Å². The third-order valence-electron chi connectivity index (χ3n) is 2.19. The molecular formula is C9H14F3N3. The number of hydrogen-bond donors (Lipinski definition) is 1. The molecule has 1 rings (SSSR count). The van der Waals surface area contributed by atoms with Crippen LogP contribution in [-0.2, 0) is 12.7 Å². The van der Waals surface area contributed by atoms with E-state index in [2.05, 4.69) is 5.10 Å². The first-order valence-electron chi connectivity index (χ1n) is 4.67. The molecule has 1 aromatic rings. The number of halogens is 3. The van der Waals surface area contributed by atoms with Gasteiger partial charge in [0.15, 0.2) is 5.69 Å². The summed E-state index contributed by atoms with van der Waals surface area (Å²) in [6.07, 6.45) is -3.09. The maximum atomic E-state index is 12.2. The van der Waals surface area contributed by atoms with Gasteiger partial charge in [0.1, 0.15) is 0 Å². The lowest BCUT2D eigenvalue weighted by molar-refractivity contribution is -0.141. The van der Waals surface area contributed by atoms with E-state index in [4.69, 9.17) is 5.73 Å². The van der Waals surface area contributed by atoms with Gasteiger partial charge in [-0.3, -0.25) is 4.68 Å². The lowest BCUT2D eigenvalue weighted by Gasteiger charge is -2.15. The molecule has 15 heavy (non-hydrogen) atoms. The maximum absolute atomic E-state index is 12.2. The molecule has 1 heterocycles. The van der Waals surface area contributed by atoms with E-state index in [9.17, 15) is 13.2 Å². The number of rotatable bonds is 3. The first-order valence-corrected chi connectivity index (χ1v) is 4.67. The Morgan fingerprint density at radius 3 is 2.47 bits per heavy atom. The average molecular weight is 221 g/mol. The van der Waals surface area contributed by atoms with E-state index in [-0.39, 0.29) is 12.0 Å². The van der Waals surface area contributed by atoms with Crippen LogP contribution in [0, 0.1) is 5.92 Å². The van der Waals surface area contributed by atoms with Crippen molar-refractivity contribution in [3.8, 4) is 0 Å². The molecule has 0 aliphatic rings. The van der Waals surface area contributed by atoms with E-state index in [1.165, 1.54) is 10.9 Å². The zero-order valence-corrected chi connectivity index (χ0v) is 8.62. The smallest absolute Gasteiger partial charge is 0.326 e. The third kappa shape index (κ3) is 3.23. The van der Waals surface area contributed by atoms with Crippen molar-refractivity contribution in [3.05, 3.63) is 18.0 Å². The number of hydrogen-bond acceptors (Lipinski definition) is 2. The van der Waals surface area contributed by atoms with Crippen molar-refractivity contribution < 1.29 is 13.2 Å². The predicted octanol–water partition coefficient (Wildman–Crippen LogP) is 1.89. The second kappa shape index (κ2) is 4.22. The molecule has 2 N–H and O–H groups in total. The Morgan fingerprint density at radius 1 is 1.47 bits per heavy atom.